The molecular weight excluding hydrogens is 419 g/mol. The second-order valence-electron chi connectivity index (χ2n) is 6.83. The van der Waals surface area contributed by atoms with Crippen LogP contribution in [0, 0.1) is 11.6 Å². The lowest BCUT2D eigenvalue weighted by atomic mass is 10.1. The molecule has 1 saturated heterocycles. The fraction of sp³-hybridized carbons (Fsp3) is 0.450. The van der Waals surface area contributed by atoms with Crippen LogP contribution in [0.25, 0.3) is 10.9 Å². The number of carbonyl (C=O) groups is 2. The number of nitrogens with zero attached hydrogens (tertiary/aromatic N) is 3. The fourth-order valence-electron chi connectivity index (χ4n) is 3.55. The van der Waals surface area contributed by atoms with E-state index in [9.17, 15) is 27.6 Å². The number of methoxy groups -OCH3 is 1. The summed E-state index contributed by atoms with van der Waals surface area (Å²) in [6, 6.07) is 0.782. The Morgan fingerprint density at radius 1 is 1.13 bits per heavy atom. The molecule has 3 rings (SSSR count). The van der Waals surface area contributed by atoms with Crippen LogP contribution in [0.1, 0.15) is 17.3 Å². The first kappa shape index (κ1) is 22.4. The number of rotatable bonds is 5. The zero-order valence-electron chi connectivity index (χ0n) is 17.1. The van der Waals surface area contributed by atoms with Crippen LogP contribution in [-0.2, 0) is 11.3 Å². The second kappa shape index (κ2) is 9.27. The number of amides is 2. The van der Waals surface area contributed by atoms with Crippen molar-refractivity contribution in [1.82, 2.24) is 14.4 Å². The van der Waals surface area contributed by atoms with Gasteiger partial charge in [-0.15, -0.1) is 0 Å². The molecule has 8 nitrogen and oxygen atoms in total. The number of pyridine rings is 1. The molecule has 1 aromatic carbocycles. The lowest BCUT2D eigenvalue weighted by molar-refractivity contribution is 0.0569. The minimum atomic E-state index is -1.15. The molecule has 31 heavy (non-hydrogen) atoms. The highest BCUT2D eigenvalue weighted by Gasteiger charge is 2.29. The summed E-state index contributed by atoms with van der Waals surface area (Å²) in [5.74, 6) is -3.62. The minimum Gasteiger partial charge on any atom is -0.491 e. The molecule has 1 fully saturated rings. The highest BCUT2D eigenvalue weighted by atomic mass is 19.1. The third-order valence-corrected chi connectivity index (χ3v) is 5.06. The maximum atomic E-state index is 14.8. The van der Waals surface area contributed by atoms with E-state index >= 15 is 0 Å². The van der Waals surface area contributed by atoms with Gasteiger partial charge >= 0.3 is 6.09 Å². The SMILES string of the molecule is CCOC(=O)N1CCN(C(=O)c2cn(CCF)c3c(F)c(OC)c(F)cc3c2=O)CC1. The maximum absolute atomic E-state index is 14.8. The Balaban J connectivity index is 1.99. The van der Waals surface area contributed by atoms with E-state index in [4.69, 9.17) is 9.47 Å². The topological polar surface area (TPSA) is 81.1 Å². The van der Waals surface area contributed by atoms with Crippen LogP contribution >= 0.6 is 0 Å². The van der Waals surface area contributed by atoms with E-state index in [2.05, 4.69) is 0 Å². The van der Waals surface area contributed by atoms with Gasteiger partial charge in [-0.05, 0) is 13.0 Å². The van der Waals surface area contributed by atoms with Crippen molar-refractivity contribution in [1.29, 1.82) is 0 Å². The summed E-state index contributed by atoms with van der Waals surface area (Å²) < 4.78 is 52.8. The van der Waals surface area contributed by atoms with E-state index < -0.39 is 41.5 Å². The average Bonchev–Trinajstić information content (AvgIpc) is 2.76. The van der Waals surface area contributed by atoms with Crippen molar-refractivity contribution in [2.75, 3.05) is 46.6 Å². The van der Waals surface area contributed by atoms with E-state index in [1.165, 1.54) is 9.80 Å². The quantitative estimate of drug-likeness (QED) is 0.711. The molecule has 11 heteroatoms. The normalized spacial score (nSPS) is 14.1. The predicted octanol–water partition coefficient (Wildman–Crippen LogP) is 2.17. The van der Waals surface area contributed by atoms with Gasteiger partial charge in [-0.3, -0.25) is 9.59 Å². The van der Waals surface area contributed by atoms with E-state index in [0.29, 0.717) is 0 Å². The Morgan fingerprint density at radius 2 is 1.77 bits per heavy atom. The number of ether oxygens (including phenoxy) is 2. The molecule has 0 bridgehead atoms. The van der Waals surface area contributed by atoms with Crippen molar-refractivity contribution in [2.24, 2.45) is 0 Å². The summed E-state index contributed by atoms with van der Waals surface area (Å²) in [5, 5.41) is -0.389. The molecule has 1 aromatic heterocycles. The van der Waals surface area contributed by atoms with Gasteiger partial charge in [0.25, 0.3) is 5.91 Å². The van der Waals surface area contributed by atoms with Gasteiger partial charge in [0, 0.05) is 32.4 Å². The largest absolute Gasteiger partial charge is 0.491 e. The van der Waals surface area contributed by atoms with Crippen molar-refractivity contribution in [3.63, 3.8) is 0 Å². The van der Waals surface area contributed by atoms with E-state index in [1.807, 2.05) is 0 Å². The number of fused-ring (bicyclic) bond motifs is 1. The standard InChI is InChI=1S/C20H22F3N3O5/c1-3-31-20(29)25-8-6-24(7-9-25)19(28)13-11-26(5-4-21)16-12(17(13)27)10-14(22)18(30-2)15(16)23/h10-11H,3-9H2,1-2H3. The summed E-state index contributed by atoms with van der Waals surface area (Å²) in [4.78, 5) is 40.5. The highest BCUT2D eigenvalue weighted by Crippen LogP contribution is 2.28. The predicted molar refractivity (Wildman–Crippen MR) is 105 cm³/mol. The molecule has 0 N–H and O–H groups in total. The van der Waals surface area contributed by atoms with Crippen LogP contribution in [0.2, 0.25) is 0 Å². The van der Waals surface area contributed by atoms with Crippen molar-refractivity contribution in [3.8, 4) is 5.75 Å². The Bertz CT molecular complexity index is 1060. The van der Waals surface area contributed by atoms with Crippen LogP contribution < -0.4 is 10.2 Å². The first-order valence-electron chi connectivity index (χ1n) is 9.70. The van der Waals surface area contributed by atoms with Crippen molar-refractivity contribution >= 4 is 22.9 Å². The molecule has 0 radical (unpaired) electrons. The van der Waals surface area contributed by atoms with Crippen molar-refractivity contribution in [2.45, 2.75) is 13.5 Å². The number of hydrogen-bond donors (Lipinski definition) is 0. The monoisotopic (exact) mass is 441 g/mol. The number of aryl methyl sites for hydroxylation is 1. The summed E-state index contributed by atoms with van der Waals surface area (Å²) in [6.45, 7) is 1.35. The van der Waals surface area contributed by atoms with Gasteiger partial charge in [0.2, 0.25) is 5.43 Å². The minimum absolute atomic E-state index is 0.142. The van der Waals surface area contributed by atoms with Gasteiger partial charge in [-0.2, -0.15) is 0 Å². The molecule has 168 valence electrons. The van der Waals surface area contributed by atoms with E-state index in [0.717, 1.165) is 23.9 Å². The smallest absolute Gasteiger partial charge is 0.409 e. The van der Waals surface area contributed by atoms with Gasteiger partial charge in [-0.1, -0.05) is 0 Å². The molecular formula is C20H22F3N3O5. The van der Waals surface area contributed by atoms with Crippen LogP contribution in [0.4, 0.5) is 18.0 Å². The van der Waals surface area contributed by atoms with E-state index in [1.54, 1.807) is 6.92 Å². The third kappa shape index (κ3) is 4.17. The highest BCUT2D eigenvalue weighted by molar-refractivity contribution is 5.97. The van der Waals surface area contributed by atoms with Gasteiger partial charge in [0.05, 0.1) is 31.2 Å². The second-order valence-corrected chi connectivity index (χ2v) is 6.83. The first-order chi connectivity index (χ1) is 14.8. The fourth-order valence-corrected chi connectivity index (χ4v) is 3.55. The van der Waals surface area contributed by atoms with Crippen LogP contribution in [0.5, 0.6) is 5.75 Å². The van der Waals surface area contributed by atoms with Gasteiger partial charge < -0.3 is 23.8 Å². The van der Waals surface area contributed by atoms with Crippen molar-refractivity contribution < 1.29 is 32.2 Å². The van der Waals surface area contributed by atoms with E-state index in [-0.39, 0.29) is 55.8 Å². The Morgan fingerprint density at radius 3 is 2.35 bits per heavy atom. The van der Waals surface area contributed by atoms with Gasteiger partial charge in [0.15, 0.2) is 17.4 Å². The molecule has 1 aliphatic rings. The van der Waals surface area contributed by atoms with Crippen LogP contribution in [-0.4, -0.2) is 72.9 Å². The summed E-state index contributed by atoms with van der Waals surface area (Å²) in [5.41, 5.74) is -1.55. The van der Waals surface area contributed by atoms with Crippen LogP contribution in [0.3, 0.4) is 0 Å². The number of alkyl halides is 1. The number of hydrogen-bond acceptors (Lipinski definition) is 5. The zero-order valence-corrected chi connectivity index (χ0v) is 17.1. The number of aromatic nitrogens is 1. The number of carbonyl (C=O) groups excluding carboxylic acids is 2. The lowest BCUT2D eigenvalue weighted by Gasteiger charge is -2.34. The molecule has 0 aliphatic carbocycles. The zero-order chi connectivity index (χ0) is 22.7. The van der Waals surface area contributed by atoms with Crippen LogP contribution in [0.15, 0.2) is 17.1 Å². The molecule has 2 aromatic rings. The molecule has 2 heterocycles. The van der Waals surface area contributed by atoms with Gasteiger partial charge in [-0.25, -0.2) is 18.0 Å². The number of benzene rings is 1. The molecule has 1 aliphatic heterocycles. The first-order valence-corrected chi connectivity index (χ1v) is 9.70. The van der Waals surface area contributed by atoms with Gasteiger partial charge in [0.1, 0.15) is 12.2 Å². The van der Waals surface area contributed by atoms with Crippen molar-refractivity contribution in [3.05, 3.63) is 39.7 Å². The summed E-state index contributed by atoms with van der Waals surface area (Å²) >= 11 is 0. The number of piperazine rings is 1. The molecule has 2 amide bonds. The Hall–Kier alpha value is -3.24. The average molecular weight is 441 g/mol. The summed E-state index contributed by atoms with van der Waals surface area (Å²) in [6.07, 6.45) is 0.579. The Labute approximate surface area is 175 Å². The molecule has 0 spiro atoms. The Kier molecular flexibility index (Phi) is 6.71. The molecule has 0 unspecified atom stereocenters. The molecule has 0 saturated carbocycles. The third-order valence-electron chi connectivity index (χ3n) is 5.06. The maximum Gasteiger partial charge on any atom is 0.409 e. The number of halogens is 3. The lowest BCUT2D eigenvalue weighted by Crippen LogP contribution is -2.51. The molecule has 0 atom stereocenters. The summed E-state index contributed by atoms with van der Waals surface area (Å²) in [7, 11) is 1.07.